The van der Waals surface area contributed by atoms with Gasteiger partial charge < -0.3 is 19.3 Å². The number of hydrogen-bond donors (Lipinski definition) is 1. The van der Waals surface area contributed by atoms with Crippen LogP contribution in [0.2, 0.25) is 0 Å². The van der Waals surface area contributed by atoms with E-state index in [2.05, 4.69) is 4.98 Å². The van der Waals surface area contributed by atoms with E-state index in [9.17, 15) is 22.8 Å². The number of benzene rings is 1. The molecule has 1 aliphatic rings. The van der Waals surface area contributed by atoms with Gasteiger partial charge in [0.2, 0.25) is 11.7 Å². The van der Waals surface area contributed by atoms with Crippen molar-refractivity contribution in [3.8, 4) is 0 Å². The van der Waals surface area contributed by atoms with E-state index in [1.54, 1.807) is 12.1 Å². The molecule has 1 unspecified atom stereocenters. The smallest absolute Gasteiger partial charge is 0.449 e. The molecule has 0 aliphatic carbocycles. The summed E-state index contributed by atoms with van der Waals surface area (Å²) in [6, 6.07) is 5.99. The molecule has 1 fully saturated rings. The third-order valence-corrected chi connectivity index (χ3v) is 3.90. The second-order valence-electron chi connectivity index (χ2n) is 5.55. The van der Waals surface area contributed by atoms with Crippen LogP contribution in [0.15, 0.2) is 24.3 Å². The lowest BCUT2D eigenvalue weighted by atomic mass is 10.2. The van der Waals surface area contributed by atoms with E-state index in [1.165, 1.54) is 17.0 Å². The molecular weight excluding hydrogens is 343 g/mol. The largest absolute Gasteiger partial charge is 0.479 e. The molecule has 0 spiro atoms. The van der Waals surface area contributed by atoms with Crippen LogP contribution in [0.5, 0.6) is 0 Å². The lowest BCUT2D eigenvalue weighted by Gasteiger charge is -2.31. The number of carboxylic acids is 1. The quantitative estimate of drug-likeness (QED) is 0.897. The summed E-state index contributed by atoms with van der Waals surface area (Å²) in [7, 11) is 0. The topological polar surface area (TPSA) is 84.7 Å². The number of ether oxygens (including phenoxy) is 1. The van der Waals surface area contributed by atoms with Crippen LogP contribution in [0, 0.1) is 0 Å². The van der Waals surface area contributed by atoms with Gasteiger partial charge in [0, 0.05) is 6.54 Å². The van der Waals surface area contributed by atoms with E-state index in [0.717, 1.165) is 4.57 Å². The predicted octanol–water partition coefficient (Wildman–Crippen LogP) is 1.37. The van der Waals surface area contributed by atoms with Crippen LogP contribution in [0.1, 0.15) is 5.82 Å². The number of hydrogen-bond acceptors (Lipinski definition) is 4. The minimum absolute atomic E-state index is 0.0134. The highest BCUT2D eigenvalue weighted by atomic mass is 19.4. The zero-order valence-electron chi connectivity index (χ0n) is 12.9. The number of carbonyl (C=O) groups is 2. The van der Waals surface area contributed by atoms with E-state index in [1.807, 2.05) is 0 Å². The number of aromatic nitrogens is 2. The number of nitrogens with zero attached hydrogens (tertiary/aromatic N) is 3. The number of para-hydroxylation sites is 2. The highest BCUT2D eigenvalue weighted by molar-refractivity contribution is 5.82. The van der Waals surface area contributed by atoms with Crippen molar-refractivity contribution in [3.05, 3.63) is 30.1 Å². The van der Waals surface area contributed by atoms with Crippen LogP contribution in [-0.4, -0.2) is 57.2 Å². The number of morpholine rings is 1. The van der Waals surface area contributed by atoms with Crippen molar-refractivity contribution in [1.29, 1.82) is 0 Å². The maximum Gasteiger partial charge on any atom is 0.449 e. The highest BCUT2D eigenvalue weighted by Gasteiger charge is 2.38. The lowest BCUT2D eigenvalue weighted by Crippen LogP contribution is -2.49. The van der Waals surface area contributed by atoms with Crippen molar-refractivity contribution in [1.82, 2.24) is 14.5 Å². The Morgan fingerprint density at radius 2 is 2.04 bits per heavy atom. The number of rotatable bonds is 3. The van der Waals surface area contributed by atoms with Crippen molar-refractivity contribution >= 4 is 22.9 Å². The molecule has 1 aromatic heterocycles. The van der Waals surface area contributed by atoms with Gasteiger partial charge in [0.25, 0.3) is 0 Å². The molecule has 7 nitrogen and oxygen atoms in total. The zero-order valence-corrected chi connectivity index (χ0v) is 12.9. The summed E-state index contributed by atoms with van der Waals surface area (Å²) in [6.07, 6.45) is -5.90. The highest BCUT2D eigenvalue weighted by Crippen LogP contribution is 2.31. The summed E-state index contributed by atoms with van der Waals surface area (Å²) in [5.74, 6) is -3.00. The van der Waals surface area contributed by atoms with Crippen LogP contribution in [0.3, 0.4) is 0 Å². The molecule has 3 rings (SSSR count). The van der Waals surface area contributed by atoms with E-state index in [-0.39, 0.29) is 30.7 Å². The number of carboxylic acid groups (broad SMARTS) is 1. The monoisotopic (exact) mass is 357 g/mol. The van der Waals surface area contributed by atoms with E-state index in [4.69, 9.17) is 9.84 Å². The third-order valence-electron chi connectivity index (χ3n) is 3.90. The summed E-state index contributed by atoms with van der Waals surface area (Å²) >= 11 is 0. The molecular formula is C15H14F3N3O4. The Labute approximate surface area is 139 Å². The van der Waals surface area contributed by atoms with E-state index in [0.29, 0.717) is 0 Å². The van der Waals surface area contributed by atoms with Crippen LogP contribution in [0.25, 0.3) is 11.0 Å². The molecule has 0 saturated carbocycles. The fourth-order valence-corrected chi connectivity index (χ4v) is 2.71. The first-order valence-electron chi connectivity index (χ1n) is 7.42. The Balaban J connectivity index is 1.89. The molecule has 10 heteroatoms. The fourth-order valence-electron chi connectivity index (χ4n) is 2.71. The van der Waals surface area contributed by atoms with Crippen LogP contribution >= 0.6 is 0 Å². The number of amides is 1. The Kier molecular flexibility index (Phi) is 4.38. The summed E-state index contributed by atoms with van der Waals surface area (Å²) in [5, 5.41) is 8.96. The molecule has 1 aromatic carbocycles. The Morgan fingerprint density at radius 1 is 1.32 bits per heavy atom. The number of carbonyl (C=O) groups excluding carboxylic acids is 1. The van der Waals surface area contributed by atoms with Crippen molar-refractivity contribution in [2.75, 3.05) is 19.7 Å². The summed E-state index contributed by atoms with van der Waals surface area (Å²) in [5.41, 5.74) is 0.319. The molecule has 1 saturated heterocycles. The Morgan fingerprint density at radius 3 is 2.72 bits per heavy atom. The molecule has 1 amide bonds. The molecule has 1 aliphatic heterocycles. The number of aliphatic carboxylic acids is 1. The minimum Gasteiger partial charge on any atom is -0.479 e. The molecule has 1 N–H and O–H groups in total. The summed E-state index contributed by atoms with van der Waals surface area (Å²) < 4.78 is 45.5. The van der Waals surface area contributed by atoms with Crippen LogP contribution in [-0.2, 0) is 27.0 Å². The van der Waals surface area contributed by atoms with Crippen LogP contribution in [0.4, 0.5) is 13.2 Å². The normalized spacial score (nSPS) is 18.5. The van der Waals surface area contributed by atoms with Gasteiger partial charge in [-0.1, -0.05) is 12.1 Å². The summed E-state index contributed by atoms with van der Waals surface area (Å²) in [4.78, 5) is 28.2. The van der Waals surface area contributed by atoms with Gasteiger partial charge in [-0.25, -0.2) is 9.78 Å². The van der Waals surface area contributed by atoms with Gasteiger partial charge in [0.05, 0.1) is 24.2 Å². The van der Waals surface area contributed by atoms with Crippen molar-refractivity contribution < 1.29 is 32.6 Å². The molecule has 134 valence electrons. The average Bonchev–Trinajstić information content (AvgIpc) is 2.94. The van der Waals surface area contributed by atoms with Gasteiger partial charge in [0.15, 0.2) is 6.10 Å². The first kappa shape index (κ1) is 17.2. The van der Waals surface area contributed by atoms with Gasteiger partial charge in [-0.3, -0.25) is 4.79 Å². The number of alkyl halides is 3. The number of imidazole rings is 1. The van der Waals surface area contributed by atoms with Crippen molar-refractivity contribution in [2.45, 2.75) is 18.8 Å². The lowest BCUT2D eigenvalue weighted by molar-refractivity contribution is -0.159. The molecule has 0 radical (unpaired) electrons. The number of halogens is 3. The third kappa shape index (κ3) is 3.43. The van der Waals surface area contributed by atoms with Gasteiger partial charge in [0.1, 0.15) is 6.54 Å². The van der Waals surface area contributed by atoms with Crippen molar-refractivity contribution in [2.24, 2.45) is 0 Å². The Bertz CT molecular complexity index is 818. The average molecular weight is 357 g/mol. The number of fused-ring (bicyclic) bond motifs is 1. The van der Waals surface area contributed by atoms with Crippen LogP contribution < -0.4 is 0 Å². The predicted molar refractivity (Wildman–Crippen MR) is 78.7 cm³/mol. The van der Waals surface area contributed by atoms with Gasteiger partial charge in [-0.05, 0) is 12.1 Å². The first-order chi connectivity index (χ1) is 11.8. The Hall–Kier alpha value is -2.62. The minimum atomic E-state index is -4.71. The SMILES string of the molecule is O=C(O)C1CN(C(=O)Cn2c(C(F)(F)F)nc3ccccc32)CCO1. The molecule has 0 bridgehead atoms. The molecule has 2 heterocycles. The van der Waals surface area contributed by atoms with Gasteiger partial charge in [-0.15, -0.1) is 0 Å². The van der Waals surface area contributed by atoms with Crippen molar-refractivity contribution in [3.63, 3.8) is 0 Å². The fraction of sp³-hybridized carbons (Fsp3) is 0.400. The standard InChI is InChI=1S/C15H14F3N3O4/c16-15(17,18)14-19-9-3-1-2-4-10(9)21(14)8-12(22)20-5-6-25-11(7-20)13(23)24/h1-4,11H,5-8H2,(H,23,24). The second kappa shape index (κ2) is 6.36. The second-order valence-corrected chi connectivity index (χ2v) is 5.55. The van der Waals surface area contributed by atoms with E-state index < -0.39 is 36.5 Å². The molecule has 1 atom stereocenters. The summed E-state index contributed by atoms with van der Waals surface area (Å²) in [6.45, 7) is -0.653. The maximum atomic E-state index is 13.2. The van der Waals surface area contributed by atoms with Gasteiger partial charge >= 0.3 is 12.1 Å². The molecule has 25 heavy (non-hydrogen) atoms. The maximum absolute atomic E-state index is 13.2. The first-order valence-corrected chi connectivity index (χ1v) is 7.42. The molecule has 2 aromatic rings. The van der Waals surface area contributed by atoms with E-state index >= 15 is 0 Å². The van der Waals surface area contributed by atoms with Gasteiger partial charge in [-0.2, -0.15) is 13.2 Å². The zero-order chi connectivity index (χ0) is 18.2.